The van der Waals surface area contributed by atoms with Gasteiger partial charge in [0, 0.05) is 37.6 Å². The summed E-state index contributed by atoms with van der Waals surface area (Å²) in [4.78, 5) is 0. The summed E-state index contributed by atoms with van der Waals surface area (Å²) in [5.41, 5.74) is 5.54. The van der Waals surface area contributed by atoms with Crippen LogP contribution in [0.1, 0.15) is 6.42 Å². The van der Waals surface area contributed by atoms with Crippen molar-refractivity contribution in [3.05, 3.63) is 0 Å². The van der Waals surface area contributed by atoms with Crippen LogP contribution in [0.2, 0.25) is 5.54 Å². The number of nitrogens with one attached hydrogen (secondary N) is 1. The van der Waals surface area contributed by atoms with Gasteiger partial charge in [-0.2, -0.15) is 0 Å². The van der Waals surface area contributed by atoms with Gasteiger partial charge in [-0.3, -0.25) is 0 Å². The fraction of sp³-hybridized carbons (Fsp3) is 1.00. The van der Waals surface area contributed by atoms with Crippen molar-refractivity contribution in [1.82, 2.24) is 5.32 Å². The SMILES string of the molecule is COC(OC)C([Si])CCNCCN. The van der Waals surface area contributed by atoms with Crippen LogP contribution in [0, 0.1) is 0 Å². The summed E-state index contributed by atoms with van der Waals surface area (Å²) in [6.45, 7) is 2.43. The van der Waals surface area contributed by atoms with E-state index < -0.39 is 0 Å². The lowest BCUT2D eigenvalue weighted by atomic mass is 10.3. The first-order chi connectivity index (χ1) is 6.26. The van der Waals surface area contributed by atoms with E-state index in [0.717, 1.165) is 19.5 Å². The minimum absolute atomic E-state index is 0.184. The normalized spacial score (nSPS) is 13.6. The monoisotopic (exact) mass is 203 g/mol. The molecular formula is C8H19N2O2Si. The maximum absolute atomic E-state index is 5.33. The Morgan fingerprint density at radius 2 is 1.92 bits per heavy atom. The van der Waals surface area contributed by atoms with Crippen molar-refractivity contribution in [1.29, 1.82) is 0 Å². The van der Waals surface area contributed by atoms with Gasteiger partial charge in [0.15, 0.2) is 6.29 Å². The van der Waals surface area contributed by atoms with Gasteiger partial charge in [-0.05, 0) is 18.5 Å². The molecule has 4 nitrogen and oxygen atoms in total. The van der Waals surface area contributed by atoms with Crippen LogP contribution in [0.4, 0.5) is 0 Å². The Kier molecular flexibility index (Phi) is 8.68. The molecule has 0 aliphatic carbocycles. The number of nitrogens with two attached hydrogens (primary N) is 1. The Hall–Kier alpha value is 0.0569. The minimum Gasteiger partial charge on any atom is -0.356 e. The van der Waals surface area contributed by atoms with Crippen molar-refractivity contribution >= 4 is 10.2 Å². The zero-order valence-electron chi connectivity index (χ0n) is 8.38. The first-order valence-electron chi connectivity index (χ1n) is 4.43. The smallest absolute Gasteiger partial charge is 0.156 e. The highest BCUT2D eigenvalue weighted by atomic mass is 28.1. The third-order valence-corrected chi connectivity index (χ3v) is 2.31. The molecule has 0 saturated heterocycles. The van der Waals surface area contributed by atoms with Crippen LogP contribution in [0.5, 0.6) is 0 Å². The molecule has 0 aromatic heterocycles. The highest BCUT2D eigenvalue weighted by Gasteiger charge is 2.14. The molecule has 0 saturated carbocycles. The van der Waals surface area contributed by atoms with Gasteiger partial charge in [-0.15, -0.1) is 0 Å². The van der Waals surface area contributed by atoms with E-state index in [-0.39, 0.29) is 11.8 Å². The molecule has 3 radical (unpaired) electrons. The maximum Gasteiger partial charge on any atom is 0.156 e. The summed E-state index contributed by atoms with van der Waals surface area (Å²) >= 11 is 0. The third-order valence-electron chi connectivity index (χ3n) is 1.75. The van der Waals surface area contributed by atoms with E-state index in [2.05, 4.69) is 15.6 Å². The summed E-state index contributed by atoms with van der Waals surface area (Å²) in [6, 6.07) is 0. The Morgan fingerprint density at radius 1 is 1.31 bits per heavy atom. The van der Waals surface area contributed by atoms with Crippen LogP contribution in [-0.4, -0.2) is 50.4 Å². The van der Waals surface area contributed by atoms with Gasteiger partial charge < -0.3 is 20.5 Å². The minimum atomic E-state index is -0.184. The number of rotatable bonds is 8. The molecule has 1 atom stereocenters. The van der Waals surface area contributed by atoms with Gasteiger partial charge >= 0.3 is 0 Å². The summed E-state index contributed by atoms with van der Waals surface area (Å²) in [7, 11) is 6.81. The predicted molar refractivity (Wildman–Crippen MR) is 53.9 cm³/mol. The van der Waals surface area contributed by atoms with Crippen molar-refractivity contribution in [2.24, 2.45) is 5.73 Å². The van der Waals surface area contributed by atoms with Crippen LogP contribution in [0.3, 0.4) is 0 Å². The van der Waals surface area contributed by atoms with E-state index in [1.807, 2.05) is 0 Å². The Morgan fingerprint density at radius 3 is 2.38 bits per heavy atom. The van der Waals surface area contributed by atoms with Gasteiger partial charge in [0.2, 0.25) is 0 Å². The average Bonchev–Trinajstić information content (AvgIpc) is 2.14. The van der Waals surface area contributed by atoms with E-state index in [1.165, 1.54) is 0 Å². The Bertz CT molecular complexity index is 112. The molecule has 0 rings (SSSR count). The molecule has 5 heteroatoms. The van der Waals surface area contributed by atoms with Gasteiger partial charge in [0.05, 0.1) is 0 Å². The van der Waals surface area contributed by atoms with Crippen molar-refractivity contribution in [3.63, 3.8) is 0 Å². The second-order valence-electron chi connectivity index (χ2n) is 2.77. The van der Waals surface area contributed by atoms with E-state index in [9.17, 15) is 0 Å². The molecule has 0 spiro atoms. The topological polar surface area (TPSA) is 56.5 Å². The van der Waals surface area contributed by atoms with Crippen LogP contribution in [0.25, 0.3) is 0 Å². The fourth-order valence-corrected chi connectivity index (χ4v) is 1.46. The van der Waals surface area contributed by atoms with Gasteiger partial charge in [-0.25, -0.2) is 0 Å². The molecule has 0 fully saturated rings. The lowest BCUT2D eigenvalue weighted by Gasteiger charge is -2.20. The number of hydrogen-bond acceptors (Lipinski definition) is 4. The molecule has 0 aliphatic heterocycles. The number of methoxy groups -OCH3 is 2. The summed E-state index contributed by atoms with van der Waals surface area (Å²) in [6.07, 6.45) is 0.764. The van der Waals surface area contributed by atoms with Crippen molar-refractivity contribution < 1.29 is 9.47 Å². The summed E-state index contributed by atoms with van der Waals surface area (Å²) in [5.74, 6) is 0. The molecule has 0 aliphatic rings. The van der Waals surface area contributed by atoms with E-state index >= 15 is 0 Å². The molecule has 77 valence electrons. The lowest BCUT2D eigenvalue weighted by molar-refractivity contribution is -0.105. The molecule has 0 amide bonds. The standard InChI is InChI=1S/C8H19N2O2Si/c1-11-8(12-2)7(13)3-5-10-6-4-9/h7-8,10H,3-6,9H2,1-2H3. The highest BCUT2D eigenvalue weighted by molar-refractivity contribution is 6.11. The largest absolute Gasteiger partial charge is 0.356 e. The molecule has 0 bridgehead atoms. The van der Waals surface area contributed by atoms with Crippen LogP contribution >= 0.6 is 0 Å². The lowest BCUT2D eigenvalue weighted by Crippen LogP contribution is -2.27. The van der Waals surface area contributed by atoms with E-state index in [4.69, 9.17) is 15.2 Å². The Labute approximate surface area is 83.6 Å². The molecule has 1 unspecified atom stereocenters. The molecule has 0 aromatic carbocycles. The third kappa shape index (κ3) is 6.17. The van der Waals surface area contributed by atoms with Crippen LogP contribution in [0.15, 0.2) is 0 Å². The number of ether oxygens (including phenoxy) is 2. The van der Waals surface area contributed by atoms with Crippen LogP contribution < -0.4 is 11.1 Å². The molecule has 13 heavy (non-hydrogen) atoms. The second kappa shape index (κ2) is 8.65. The molecular weight excluding hydrogens is 184 g/mol. The molecule has 3 N–H and O–H groups in total. The van der Waals surface area contributed by atoms with E-state index in [1.54, 1.807) is 14.2 Å². The summed E-state index contributed by atoms with van der Waals surface area (Å²) in [5, 5.41) is 3.20. The quantitative estimate of drug-likeness (QED) is 0.317. The molecule has 0 aromatic rings. The zero-order valence-corrected chi connectivity index (χ0v) is 9.38. The van der Waals surface area contributed by atoms with Crippen molar-refractivity contribution in [2.45, 2.75) is 18.3 Å². The predicted octanol–water partition coefficient (Wildman–Crippen LogP) is -0.499. The maximum atomic E-state index is 5.33. The zero-order chi connectivity index (χ0) is 10.1. The van der Waals surface area contributed by atoms with Gasteiger partial charge in [0.25, 0.3) is 0 Å². The highest BCUT2D eigenvalue weighted by Crippen LogP contribution is 2.13. The Balaban J connectivity index is 3.42. The average molecular weight is 203 g/mol. The van der Waals surface area contributed by atoms with Crippen molar-refractivity contribution in [2.75, 3.05) is 33.9 Å². The summed E-state index contributed by atoms with van der Waals surface area (Å²) < 4.78 is 10.2. The van der Waals surface area contributed by atoms with E-state index in [0.29, 0.717) is 6.54 Å². The van der Waals surface area contributed by atoms with Gasteiger partial charge in [-0.1, -0.05) is 0 Å². The first kappa shape index (κ1) is 13.1. The van der Waals surface area contributed by atoms with Crippen molar-refractivity contribution in [3.8, 4) is 0 Å². The van der Waals surface area contributed by atoms with Gasteiger partial charge in [0.1, 0.15) is 0 Å². The first-order valence-corrected chi connectivity index (χ1v) is 5.01. The van der Waals surface area contributed by atoms with Crippen LogP contribution in [-0.2, 0) is 9.47 Å². The second-order valence-corrected chi connectivity index (χ2v) is 3.52. The number of hydrogen-bond donors (Lipinski definition) is 2. The fourth-order valence-electron chi connectivity index (χ4n) is 1.05. The molecule has 0 heterocycles.